The molecule has 3 aromatic rings. The molecule has 2 aromatic heterocycles. The summed E-state index contributed by atoms with van der Waals surface area (Å²) in [4.78, 5) is 22.4. The van der Waals surface area contributed by atoms with Crippen LogP contribution in [-0.2, 0) is 6.54 Å². The van der Waals surface area contributed by atoms with Gasteiger partial charge in [-0.1, -0.05) is 36.4 Å². The van der Waals surface area contributed by atoms with E-state index in [9.17, 15) is 15.0 Å². The summed E-state index contributed by atoms with van der Waals surface area (Å²) >= 11 is 0. The number of rotatable bonds is 7. The SMILES string of the molecule is Cc1cc(O)c([C@H](c2ccccc2)N2CCN(CCO)CC2)c(=O)n1Cc1cccnc1. The number of aromatic hydroxyl groups is 1. The lowest BCUT2D eigenvalue weighted by Crippen LogP contribution is -2.49. The Morgan fingerprint density at radius 1 is 1.06 bits per heavy atom. The van der Waals surface area contributed by atoms with Gasteiger partial charge in [0, 0.05) is 50.8 Å². The van der Waals surface area contributed by atoms with E-state index in [1.165, 1.54) is 0 Å². The number of aromatic nitrogens is 2. The molecule has 32 heavy (non-hydrogen) atoms. The number of nitrogens with zero attached hydrogens (tertiary/aromatic N) is 4. The predicted molar refractivity (Wildman–Crippen MR) is 124 cm³/mol. The van der Waals surface area contributed by atoms with Crippen LogP contribution in [0.1, 0.15) is 28.4 Å². The number of hydrogen-bond donors (Lipinski definition) is 2. The fraction of sp³-hybridized carbons (Fsp3) is 0.360. The minimum absolute atomic E-state index is 0.0292. The highest BCUT2D eigenvalue weighted by Crippen LogP contribution is 2.33. The molecule has 0 radical (unpaired) electrons. The molecule has 1 aliphatic heterocycles. The minimum Gasteiger partial charge on any atom is -0.507 e. The first-order chi connectivity index (χ1) is 15.6. The second-order valence-corrected chi connectivity index (χ2v) is 8.25. The normalized spacial score (nSPS) is 16.2. The van der Waals surface area contributed by atoms with Crippen LogP contribution < -0.4 is 5.56 Å². The largest absolute Gasteiger partial charge is 0.507 e. The number of benzene rings is 1. The quantitative estimate of drug-likeness (QED) is 0.592. The van der Waals surface area contributed by atoms with Crippen molar-refractivity contribution in [3.8, 4) is 5.75 Å². The number of aliphatic hydroxyl groups excluding tert-OH is 1. The van der Waals surface area contributed by atoms with E-state index >= 15 is 0 Å². The van der Waals surface area contributed by atoms with Crippen molar-refractivity contribution >= 4 is 0 Å². The van der Waals surface area contributed by atoms with Gasteiger partial charge in [0.05, 0.1) is 24.8 Å². The summed E-state index contributed by atoms with van der Waals surface area (Å²) in [7, 11) is 0. The summed E-state index contributed by atoms with van der Waals surface area (Å²) in [5.41, 5.74) is 2.84. The third-order valence-electron chi connectivity index (χ3n) is 6.16. The van der Waals surface area contributed by atoms with Gasteiger partial charge in [0.15, 0.2) is 0 Å². The Morgan fingerprint density at radius 2 is 1.81 bits per heavy atom. The van der Waals surface area contributed by atoms with Crippen molar-refractivity contribution in [2.24, 2.45) is 0 Å². The zero-order valence-electron chi connectivity index (χ0n) is 18.4. The molecule has 168 valence electrons. The van der Waals surface area contributed by atoms with Crippen molar-refractivity contribution in [1.82, 2.24) is 19.4 Å². The molecule has 2 N–H and O–H groups in total. The first-order valence-electron chi connectivity index (χ1n) is 11.0. The van der Waals surface area contributed by atoms with Crippen molar-refractivity contribution in [3.05, 3.63) is 93.7 Å². The summed E-state index contributed by atoms with van der Waals surface area (Å²) < 4.78 is 1.71. The van der Waals surface area contributed by atoms with Crippen LogP contribution in [0.5, 0.6) is 5.75 Å². The molecule has 0 saturated carbocycles. The molecule has 0 bridgehead atoms. The average molecular weight is 435 g/mol. The standard InChI is InChI=1S/C25H30N4O3/c1-19-16-22(31)23(25(32)29(19)18-20-6-5-9-26-17-20)24(21-7-3-2-4-8-21)28-12-10-27(11-13-28)14-15-30/h2-9,16-17,24,30-31H,10-15,18H2,1H3/t24-/m0/s1. The number of β-amino-alcohol motifs (C(OH)–C–C–N with tert-alkyl or cyclic N) is 1. The first kappa shape index (κ1) is 22.2. The van der Waals surface area contributed by atoms with Crippen molar-refractivity contribution in [1.29, 1.82) is 0 Å². The van der Waals surface area contributed by atoms with Gasteiger partial charge in [-0.15, -0.1) is 0 Å². The Labute approximate surface area is 188 Å². The van der Waals surface area contributed by atoms with Gasteiger partial charge in [-0.25, -0.2) is 0 Å². The molecule has 1 fully saturated rings. The highest BCUT2D eigenvalue weighted by Gasteiger charge is 2.31. The third kappa shape index (κ3) is 4.75. The van der Waals surface area contributed by atoms with Gasteiger partial charge >= 0.3 is 0 Å². The lowest BCUT2D eigenvalue weighted by Gasteiger charge is -2.39. The molecule has 1 aliphatic rings. The van der Waals surface area contributed by atoms with Crippen LogP contribution >= 0.6 is 0 Å². The van der Waals surface area contributed by atoms with Crippen molar-refractivity contribution in [2.45, 2.75) is 19.5 Å². The lowest BCUT2D eigenvalue weighted by atomic mass is 9.96. The van der Waals surface area contributed by atoms with Crippen molar-refractivity contribution in [3.63, 3.8) is 0 Å². The molecule has 4 rings (SSSR count). The highest BCUT2D eigenvalue weighted by molar-refractivity contribution is 5.41. The van der Waals surface area contributed by atoms with E-state index in [0.29, 0.717) is 24.3 Å². The van der Waals surface area contributed by atoms with Gasteiger partial charge in [0.25, 0.3) is 5.56 Å². The molecular weight excluding hydrogens is 404 g/mol. The van der Waals surface area contributed by atoms with E-state index in [2.05, 4.69) is 14.8 Å². The van der Waals surface area contributed by atoms with Crippen LogP contribution in [0.25, 0.3) is 0 Å². The molecule has 7 nitrogen and oxygen atoms in total. The van der Waals surface area contributed by atoms with Gasteiger partial charge in [0.2, 0.25) is 0 Å². The van der Waals surface area contributed by atoms with Crippen LogP contribution in [0.2, 0.25) is 0 Å². The molecule has 1 atom stereocenters. The van der Waals surface area contributed by atoms with Crippen molar-refractivity contribution < 1.29 is 10.2 Å². The monoisotopic (exact) mass is 434 g/mol. The Hall–Kier alpha value is -3.00. The Kier molecular flexibility index (Phi) is 6.99. The first-order valence-corrected chi connectivity index (χ1v) is 11.0. The molecule has 0 unspecified atom stereocenters. The summed E-state index contributed by atoms with van der Waals surface area (Å²) in [5, 5.41) is 20.2. The van der Waals surface area contributed by atoms with E-state index < -0.39 is 0 Å². The topological polar surface area (TPSA) is 81.8 Å². The van der Waals surface area contributed by atoms with Crippen LogP contribution in [0, 0.1) is 6.92 Å². The number of aryl methyl sites for hydroxylation is 1. The maximum absolute atomic E-state index is 13.8. The zero-order chi connectivity index (χ0) is 22.5. The number of hydrogen-bond acceptors (Lipinski definition) is 6. The molecule has 0 aliphatic carbocycles. The molecule has 0 amide bonds. The van der Waals surface area contributed by atoms with E-state index in [1.807, 2.05) is 49.4 Å². The van der Waals surface area contributed by atoms with Crippen LogP contribution in [0.15, 0.2) is 65.7 Å². The van der Waals surface area contributed by atoms with Crippen LogP contribution in [0.3, 0.4) is 0 Å². The summed E-state index contributed by atoms with van der Waals surface area (Å²) in [6.45, 7) is 6.13. The van der Waals surface area contributed by atoms with E-state index in [4.69, 9.17) is 0 Å². The fourth-order valence-corrected chi connectivity index (χ4v) is 4.48. The molecule has 1 saturated heterocycles. The van der Waals surface area contributed by atoms with E-state index in [1.54, 1.807) is 23.0 Å². The smallest absolute Gasteiger partial charge is 0.259 e. The highest BCUT2D eigenvalue weighted by atomic mass is 16.3. The maximum atomic E-state index is 13.8. The number of pyridine rings is 2. The van der Waals surface area contributed by atoms with Gasteiger partial charge in [-0.3, -0.25) is 19.6 Å². The van der Waals surface area contributed by atoms with E-state index in [0.717, 1.165) is 37.3 Å². The molecule has 7 heteroatoms. The summed E-state index contributed by atoms with van der Waals surface area (Å²) in [6, 6.07) is 15.0. The number of aliphatic hydroxyl groups is 1. The van der Waals surface area contributed by atoms with Crippen LogP contribution in [-0.4, -0.2) is 68.9 Å². The predicted octanol–water partition coefficient (Wildman–Crippen LogP) is 2.00. The number of piperazine rings is 1. The average Bonchev–Trinajstić information content (AvgIpc) is 2.81. The van der Waals surface area contributed by atoms with E-state index in [-0.39, 0.29) is 24.0 Å². The Morgan fingerprint density at radius 3 is 2.47 bits per heavy atom. The zero-order valence-corrected chi connectivity index (χ0v) is 18.4. The van der Waals surface area contributed by atoms with Gasteiger partial charge in [0.1, 0.15) is 5.75 Å². The van der Waals surface area contributed by atoms with Crippen LogP contribution in [0.4, 0.5) is 0 Å². The third-order valence-corrected chi connectivity index (χ3v) is 6.16. The molecular formula is C25H30N4O3. The Balaban J connectivity index is 1.76. The molecule has 3 heterocycles. The second kappa shape index (κ2) is 10.1. The van der Waals surface area contributed by atoms with Gasteiger partial charge < -0.3 is 14.8 Å². The lowest BCUT2D eigenvalue weighted by molar-refractivity contribution is 0.0932. The van der Waals surface area contributed by atoms with Gasteiger partial charge in [-0.05, 0) is 30.2 Å². The minimum atomic E-state index is -0.347. The second-order valence-electron chi connectivity index (χ2n) is 8.25. The van der Waals surface area contributed by atoms with Crippen molar-refractivity contribution in [2.75, 3.05) is 39.3 Å². The van der Waals surface area contributed by atoms with Gasteiger partial charge in [-0.2, -0.15) is 0 Å². The summed E-state index contributed by atoms with van der Waals surface area (Å²) in [5.74, 6) is 0.0292. The Bertz CT molecular complexity index is 1080. The summed E-state index contributed by atoms with van der Waals surface area (Å²) in [6.07, 6.45) is 3.47. The molecule has 0 spiro atoms. The maximum Gasteiger partial charge on any atom is 0.259 e. The fourth-order valence-electron chi connectivity index (χ4n) is 4.48. The molecule has 1 aromatic carbocycles.